The fourth-order valence-corrected chi connectivity index (χ4v) is 1.48. The van der Waals surface area contributed by atoms with Crippen molar-refractivity contribution in [2.24, 2.45) is 0 Å². The van der Waals surface area contributed by atoms with Crippen molar-refractivity contribution in [2.45, 2.75) is 26.3 Å². The molecule has 96 valence electrons. The normalized spacial score (nSPS) is 10.9. The Bertz CT molecular complexity index is 328. The summed E-state index contributed by atoms with van der Waals surface area (Å²) in [6, 6.07) is 4.38. The van der Waals surface area contributed by atoms with Crippen molar-refractivity contribution in [2.75, 3.05) is 32.6 Å². The third-order valence-corrected chi connectivity index (χ3v) is 2.85. The Morgan fingerprint density at radius 2 is 2.24 bits per heavy atom. The van der Waals surface area contributed by atoms with E-state index in [-0.39, 0.29) is 0 Å². The third-order valence-electron chi connectivity index (χ3n) is 2.85. The Kier molecular flexibility index (Phi) is 5.77. The van der Waals surface area contributed by atoms with Gasteiger partial charge in [0.25, 0.3) is 0 Å². The van der Waals surface area contributed by atoms with Gasteiger partial charge in [-0.05, 0) is 46.0 Å². The summed E-state index contributed by atoms with van der Waals surface area (Å²) < 4.78 is 5.23. The van der Waals surface area contributed by atoms with Crippen molar-refractivity contribution in [3.63, 3.8) is 0 Å². The second kappa shape index (κ2) is 7.12. The van der Waals surface area contributed by atoms with E-state index in [0.717, 1.165) is 31.1 Å². The van der Waals surface area contributed by atoms with E-state index in [9.17, 15) is 0 Å². The van der Waals surface area contributed by atoms with E-state index in [2.05, 4.69) is 36.1 Å². The van der Waals surface area contributed by atoms with Crippen molar-refractivity contribution in [1.29, 1.82) is 0 Å². The number of aromatic nitrogens is 1. The lowest BCUT2D eigenvalue weighted by Gasteiger charge is -2.20. The van der Waals surface area contributed by atoms with Crippen molar-refractivity contribution < 1.29 is 4.74 Å². The number of anilines is 1. The first-order chi connectivity index (χ1) is 8.15. The van der Waals surface area contributed by atoms with E-state index in [1.165, 1.54) is 0 Å². The van der Waals surface area contributed by atoms with Crippen molar-refractivity contribution >= 4 is 5.82 Å². The summed E-state index contributed by atoms with van der Waals surface area (Å²) >= 11 is 0. The molecule has 17 heavy (non-hydrogen) atoms. The molecule has 0 aliphatic rings. The van der Waals surface area contributed by atoms with Crippen molar-refractivity contribution in [3.8, 4) is 5.75 Å². The van der Waals surface area contributed by atoms with Crippen LogP contribution >= 0.6 is 0 Å². The van der Waals surface area contributed by atoms with Crippen LogP contribution in [0.5, 0.6) is 5.75 Å². The summed E-state index contributed by atoms with van der Waals surface area (Å²) in [5.41, 5.74) is 0. The lowest BCUT2D eigenvalue weighted by atomic mass is 10.3. The summed E-state index contributed by atoms with van der Waals surface area (Å²) in [4.78, 5) is 6.58. The molecule has 0 spiro atoms. The lowest BCUT2D eigenvalue weighted by Crippen LogP contribution is -2.28. The van der Waals surface area contributed by atoms with Gasteiger partial charge in [-0.25, -0.2) is 4.98 Å². The first-order valence-electron chi connectivity index (χ1n) is 6.08. The van der Waals surface area contributed by atoms with Gasteiger partial charge in [-0.15, -0.1) is 0 Å². The Labute approximate surface area is 104 Å². The van der Waals surface area contributed by atoms with Gasteiger partial charge in [0.2, 0.25) is 0 Å². The minimum Gasteiger partial charge on any atom is -0.493 e. The predicted molar refractivity (Wildman–Crippen MR) is 71.7 cm³/mol. The number of hydrogen-bond acceptors (Lipinski definition) is 4. The van der Waals surface area contributed by atoms with Crippen LogP contribution in [-0.4, -0.2) is 43.2 Å². The molecule has 4 nitrogen and oxygen atoms in total. The van der Waals surface area contributed by atoms with Gasteiger partial charge in [0.1, 0.15) is 0 Å². The number of pyridine rings is 1. The van der Waals surface area contributed by atoms with E-state index < -0.39 is 0 Å². The molecule has 0 unspecified atom stereocenters. The largest absolute Gasteiger partial charge is 0.493 e. The van der Waals surface area contributed by atoms with E-state index in [1.807, 2.05) is 12.1 Å². The van der Waals surface area contributed by atoms with Crippen LogP contribution in [-0.2, 0) is 0 Å². The second-order valence-corrected chi connectivity index (χ2v) is 4.41. The number of hydrogen-bond donors (Lipinski definition) is 1. The molecule has 0 aliphatic carbocycles. The maximum Gasteiger partial charge on any atom is 0.168 e. The first kappa shape index (κ1) is 13.8. The Balaban J connectivity index is 2.31. The molecule has 0 radical (unpaired) electrons. The Morgan fingerprint density at radius 1 is 1.47 bits per heavy atom. The molecule has 1 heterocycles. The highest BCUT2D eigenvalue weighted by atomic mass is 16.5. The Morgan fingerprint density at radius 3 is 2.88 bits per heavy atom. The van der Waals surface area contributed by atoms with E-state index >= 15 is 0 Å². The SMILES string of the molecule is COc1cccnc1NCCCN(C)C(C)C. The highest BCUT2D eigenvalue weighted by Crippen LogP contribution is 2.19. The third kappa shape index (κ3) is 4.61. The van der Waals surface area contributed by atoms with Crippen molar-refractivity contribution in [3.05, 3.63) is 18.3 Å². The average molecular weight is 237 g/mol. The van der Waals surface area contributed by atoms with E-state index in [1.54, 1.807) is 13.3 Å². The smallest absolute Gasteiger partial charge is 0.168 e. The van der Waals surface area contributed by atoms with Gasteiger partial charge in [-0.3, -0.25) is 0 Å². The molecule has 1 aromatic heterocycles. The van der Waals surface area contributed by atoms with Crippen LogP contribution in [0.4, 0.5) is 5.82 Å². The summed E-state index contributed by atoms with van der Waals surface area (Å²) in [6.45, 7) is 6.40. The van der Waals surface area contributed by atoms with Gasteiger partial charge in [-0.1, -0.05) is 0 Å². The molecule has 1 aromatic rings. The molecule has 1 N–H and O–H groups in total. The molecule has 4 heteroatoms. The number of ether oxygens (including phenoxy) is 1. The molecular formula is C13H23N3O. The lowest BCUT2D eigenvalue weighted by molar-refractivity contribution is 0.273. The zero-order valence-electron chi connectivity index (χ0n) is 11.2. The predicted octanol–water partition coefficient (Wildman–Crippen LogP) is 2.23. The van der Waals surface area contributed by atoms with Gasteiger partial charge in [0.05, 0.1) is 7.11 Å². The summed E-state index contributed by atoms with van der Waals surface area (Å²) in [7, 11) is 3.81. The summed E-state index contributed by atoms with van der Waals surface area (Å²) in [5.74, 6) is 1.62. The minimum atomic E-state index is 0.597. The van der Waals surface area contributed by atoms with Crippen LogP contribution in [0.15, 0.2) is 18.3 Å². The van der Waals surface area contributed by atoms with Crippen molar-refractivity contribution in [1.82, 2.24) is 9.88 Å². The number of nitrogens with one attached hydrogen (secondary N) is 1. The molecule has 0 aliphatic heterocycles. The molecule has 0 atom stereocenters. The van der Waals surface area contributed by atoms with E-state index in [0.29, 0.717) is 6.04 Å². The molecule has 0 amide bonds. The minimum absolute atomic E-state index is 0.597. The average Bonchev–Trinajstić information content (AvgIpc) is 2.34. The molecule has 0 aromatic carbocycles. The number of nitrogens with zero attached hydrogens (tertiary/aromatic N) is 2. The fraction of sp³-hybridized carbons (Fsp3) is 0.615. The molecule has 0 saturated heterocycles. The Hall–Kier alpha value is -1.29. The fourth-order valence-electron chi connectivity index (χ4n) is 1.48. The topological polar surface area (TPSA) is 37.4 Å². The van der Waals surface area contributed by atoms with Crippen LogP contribution in [0, 0.1) is 0 Å². The zero-order valence-corrected chi connectivity index (χ0v) is 11.2. The highest BCUT2D eigenvalue weighted by Gasteiger charge is 2.04. The number of rotatable bonds is 7. The molecule has 0 bridgehead atoms. The molecule has 0 fully saturated rings. The van der Waals surface area contributed by atoms with Gasteiger partial charge < -0.3 is 15.0 Å². The van der Waals surface area contributed by atoms with Gasteiger partial charge in [0.15, 0.2) is 11.6 Å². The molecule has 1 rings (SSSR count). The van der Waals surface area contributed by atoms with Crippen LogP contribution in [0.25, 0.3) is 0 Å². The van der Waals surface area contributed by atoms with Gasteiger partial charge in [-0.2, -0.15) is 0 Å². The standard InChI is InChI=1S/C13H23N3O/c1-11(2)16(3)10-6-9-15-13-12(17-4)7-5-8-14-13/h5,7-8,11H,6,9-10H2,1-4H3,(H,14,15). The van der Waals surface area contributed by atoms with Gasteiger partial charge in [0, 0.05) is 18.8 Å². The van der Waals surface area contributed by atoms with E-state index in [4.69, 9.17) is 4.74 Å². The second-order valence-electron chi connectivity index (χ2n) is 4.41. The first-order valence-corrected chi connectivity index (χ1v) is 6.08. The summed E-state index contributed by atoms with van der Waals surface area (Å²) in [5, 5.41) is 3.30. The van der Waals surface area contributed by atoms with Crippen LogP contribution < -0.4 is 10.1 Å². The number of methoxy groups -OCH3 is 1. The summed E-state index contributed by atoms with van der Waals surface area (Å²) in [6.07, 6.45) is 2.86. The maximum atomic E-state index is 5.23. The maximum absolute atomic E-state index is 5.23. The quantitative estimate of drug-likeness (QED) is 0.738. The monoisotopic (exact) mass is 237 g/mol. The molecular weight excluding hydrogens is 214 g/mol. The van der Waals surface area contributed by atoms with Crippen LogP contribution in [0.3, 0.4) is 0 Å². The zero-order chi connectivity index (χ0) is 12.7. The van der Waals surface area contributed by atoms with Crippen LogP contribution in [0.1, 0.15) is 20.3 Å². The highest BCUT2D eigenvalue weighted by molar-refractivity contribution is 5.49. The van der Waals surface area contributed by atoms with Gasteiger partial charge >= 0.3 is 0 Å². The van der Waals surface area contributed by atoms with Crippen LogP contribution in [0.2, 0.25) is 0 Å². The molecule has 0 saturated carbocycles.